The van der Waals surface area contributed by atoms with Gasteiger partial charge in [-0.05, 0) is 63.0 Å². The first kappa shape index (κ1) is 29.8. The number of hydrogen-bond acceptors (Lipinski definition) is 10. The lowest BCUT2D eigenvalue weighted by Gasteiger charge is -2.50. The molecular formula is C31H34N4O8. The number of likely N-dealkylation sites (N-methyl/N-ethyl adjacent to an activating group) is 1. The number of carbonyl (C=O) groups is 4. The van der Waals surface area contributed by atoms with Crippen molar-refractivity contribution < 1.29 is 39.6 Å². The predicted molar refractivity (Wildman–Crippen MR) is 158 cm³/mol. The van der Waals surface area contributed by atoms with Crippen LogP contribution in [-0.2, 0) is 20.8 Å². The average Bonchev–Trinajstić information content (AvgIpc) is 2.91. The number of nitrogens with zero attached hydrogens (tertiary/aromatic N) is 2. The number of anilines is 2. The third kappa shape index (κ3) is 4.28. The van der Waals surface area contributed by atoms with Gasteiger partial charge in [0.15, 0.2) is 11.4 Å². The maximum Gasteiger partial charge on any atom is 0.256 e. The normalized spacial score (nSPS) is 24.9. The zero-order valence-corrected chi connectivity index (χ0v) is 24.4. The maximum absolute atomic E-state index is 14.1. The van der Waals surface area contributed by atoms with E-state index in [1.165, 1.54) is 4.90 Å². The summed E-state index contributed by atoms with van der Waals surface area (Å²) in [4.78, 5) is 55.9. The predicted octanol–water partition coefficient (Wildman–Crippen LogP) is 1.59. The van der Waals surface area contributed by atoms with Gasteiger partial charge in [-0.25, -0.2) is 0 Å². The van der Waals surface area contributed by atoms with Gasteiger partial charge in [0, 0.05) is 36.8 Å². The number of nitrogens with one attached hydrogen (secondary N) is 1. The summed E-state index contributed by atoms with van der Waals surface area (Å²) in [5.41, 5.74) is 3.49. The number of Topliss-reactive ketones (excluding diaryl/α,β-unsaturated/α-hetero) is 2. The third-order valence-corrected chi connectivity index (χ3v) is 8.82. The molecule has 5 rings (SSSR count). The highest BCUT2D eigenvalue weighted by atomic mass is 16.3. The van der Waals surface area contributed by atoms with Gasteiger partial charge in [0.05, 0.1) is 17.3 Å². The number of aryl methyl sites for hydroxylation is 1. The number of aromatic hydroxyl groups is 1. The Balaban J connectivity index is 1.70. The summed E-state index contributed by atoms with van der Waals surface area (Å²) in [5, 5.41) is 48.5. The van der Waals surface area contributed by atoms with Crippen molar-refractivity contribution in [2.24, 2.45) is 17.6 Å². The van der Waals surface area contributed by atoms with Crippen molar-refractivity contribution in [3.05, 3.63) is 69.5 Å². The molecule has 12 heteroatoms. The Morgan fingerprint density at radius 3 is 2.30 bits per heavy atom. The average molecular weight is 591 g/mol. The molecule has 7 N–H and O–H groups in total. The zero-order chi connectivity index (χ0) is 31.7. The Kier molecular flexibility index (Phi) is 7.10. The van der Waals surface area contributed by atoms with Crippen LogP contribution < -0.4 is 16.0 Å². The number of rotatable bonds is 5. The monoisotopic (exact) mass is 590 g/mol. The summed E-state index contributed by atoms with van der Waals surface area (Å²) in [6.45, 7) is 1.77. The number of hydrogen-bond donors (Lipinski definition) is 6. The number of phenolic OH excluding ortho intramolecular Hbond substituents is 1. The molecule has 2 unspecified atom stereocenters. The molecule has 0 radical (unpaired) electrons. The van der Waals surface area contributed by atoms with Crippen LogP contribution in [0.5, 0.6) is 5.75 Å². The highest BCUT2D eigenvalue weighted by molar-refractivity contribution is 6.24. The first-order valence-corrected chi connectivity index (χ1v) is 13.7. The van der Waals surface area contributed by atoms with Crippen molar-refractivity contribution in [3.8, 4) is 5.75 Å². The molecule has 1 fully saturated rings. The third-order valence-electron chi connectivity index (χ3n) is 8.82. The number of carbonyl (C=O) groups excluding carboxylic acids is 4. The van der Waals surface area contributed by atoms with E-state index in [1.807, 2.05) is 0 Å². The van der Waals surface area contributed by atoms with E-state index < -0.39 is 69.7 Å². The van der Waals surface area contributed by atoms with Crippen LogP contribution in [0.15, 0.2) is 47.2 Å². The lowest BCUT2D eigenvalue weighted by atomic mass is 9.57. The molecule has 3 aliphatic rings. The van der Waals surface area contributed by atoms with Crippen molar-refractivity contribution in [1.29, 1.82) is 0 Å². The van der Waals surface area contributed by atoms with Gasteiger partial charge in [-0.2, -0.15) is 0 Å². The number of fused-ring (bicyclic) bond motifs is 3. The molecule has 2 aromatic carbocycles. The fourth-order valence-corrected chi connectivity index (χ4v) is 6.80. The molecule has 1 saturated carbocycles. The molecule has 2 amide bonds. The second-order valence-corrected chi connectivity index (χ2v) is 11.8. The summed E-state index contributed by atoms with van der Waals surface area (Å²) in [6.07, 6.45) is 0.104. The van der Waals surface area contributed by atoms with Gasteiger partial charge in [0.1, 0.15) is 22.8 Å². The van der Waals surface area contributed by atoms with E-state index in [-0.39, 0.29) is 29.7 Å². The maximum atomic E-state index is 14.1. The molecule has 0 saturated heterocycles. The van der Waals surface area contributed by atoms with E-state index in [1.54, 1.807) is 70.3 Å². The number of phenols is 1. The molecular weight excluding hydrogens is 556 g/mol. The van der Waals surface area contributed by atoms with E-state index in [0.717, 1.165) is 0 Å². The minimum absolute atomic E-state index is 0.0177. The standard InChI is InChI=1S/C31H34N4O8/c1-13-8-6-7-9-15(13)30(42)33-18-12-19(34(2)3)16-10-14-11-17-23(35(4)5)26(38)22(29(32)41)28(40)31(17,43)27(39)20(14)25(37)21(16)24(18)36/h6-9,12,14,17,23,36-37,40,43H,10-11H2,1-5H3,(H2,32,41)(H,33,42)/t14?,17?,23-,31-/m0/s1. The largest absolute Gasteiger partial charge is 0.508 e. The fraction of sp³-hybridized carbons (Fsp3) is 0.355. The second-order valence-electron chi connectivity index (χ2n) is 11.8. The van der Waals surface area contributed by atoms with Crippen LogP contribution in [0.4, 0.5) is 11.4 Å². The first-order valence-electron chi connectivity index (χ1n) is 13.7. The van der Waals surface area contributed by atoms with E-state index in [4.69, 9.17) is 5.73 Å². The highest BCUT2D eigenvalue weighted by Crippen LogP contribution is 2.54. The summed E-state index contributed by atoms with van der Waals surface area (Å²) >= 11 is 0. The van der Waals surface area contributed by atoms with Crippen LogP contribution in [0.1, 0.15) is 33.5 Å². The van der Waals surface area contributed by atoms with Crippen LogP contribution in [0, 0.1) is 18.8 Å². The van der Waals surface area contributed by atoms with Gasteiger partial charge in [-0.1, -0.05) is 18.2 Å². The van der Waals surface area contributed by atoms with Crippen molar-refractivity contribution in [1.82, 2.24) is 4.90 Å². The minimum Gasteiger partial charge on any atom is -0.508 e. The molecule has 0 spiro atoms. The fourth-order valence-electron chi connectivity index (χ4n) is 6.80. The number of aliphatic hydroxyl groups excluding tert-OH is 2. The van der Waals surface area contributed by atoms with E-state index >= 15 is 0 Å². The van der Waals surface area contributed by atoms with E-state index in [0.29, 0.717) is 22.4 Å². The van der Waals surface area contributed by atoms with Crippen LogP contribution in [0.2, 0.25) is 0 Å². The molecule has 226 valence electrons. The van der Waals surface area contributed by atoms with E-state index in [2.05, 4.69) is 5.32 Å². The lowest BCUT2D eigenvalue weighted by molar-refractivity contribution is -0.153. The molecule has 0 bridgehead atoms. The minimum atomic E-state index is -2.73. The van der Waals surface area contributed by atoms with E-state index in [9.17, 15) is 39.6 Å². The van der Waals surface area contributed by atoms with Gasteiger partial charge < -0.3 is 36.4 Å². The number of benzene rings is 2. The van der Waals surface area contributed by atoms with Gasteiger partial charge in [0.25, 0.3) is 11.8 Å². The molecule has 12 nitrogen and oxygen atoms in total. The number of primary amides is 1. The smallest absolute Gasteiger partial charge is 0.256 e. The number of nitrogens with two attached hydrogens (primary N) is 1. The molecule has 43 heavy (non-hydrogen) atoms. The van der Waals surface area contributed by atoms with Crippen molar-refractivity contribution in [2.75, 3.05) is 38.4 Å². The van der Waals surface area contributed by atoms with Crippen molar-refractivity contribution in [3.63, 3.8) is 0 Å². The van der Waals surface area contributed by atoms with Crippen LogP contribution in [0.25, 0.3) is 5.76 Å². The van der Waals surface area contributed by atoms with Crippen molar-refractivity contribution in [2.45, 2.75) is 31.4 Å². The zero-order valence-electron chi connectivity index (χ0n) is 24.4. The summed E-state index contributed by atoms with van der Waals surface area (Å²) in [5.74, 6) is -7.88. The van der Waals surface area contributed by atoms with Crippen LogP contribution in [-0.4, -0.2) is 88.5 Å². The summed E-state index contributed by atoms with van der Waals surface area (Å²) in [7, 11) is 6.58. The Bertz CT molecular complexity index is 1670. The Hall–Kier alpha value is -4.68. The molecule has 0 aliphatic heterocycles. The number of amides is 2. The Morgan fingerprint density at radius 2 is 1.72 bits per heavy atom. The van der Waals surface area contributed by atoms with Gasteiger partial charge in [-0.15, -0.1) is 0 Å². The van der Waals surface area contributed by atoms with Crippen LogP contribution >= 0.6 is 0 Å². The number of ketones is 2. The molecule has 0 heterocycles. The van der Waals surface area contributed by atoms with Crippen molar-refractivity contribution >= 4 is 40.5 Å². The van der Waals surface area contributed by atoms with Gasteiger partial charge in [0.2, 0.25) is 5.78 Å². The Labute approximate surface area is 247 Å². The quantitative estimate of drug-likeness (QED) is 0.220. The van der Waals surface area contributed by atoms with Gasteiger partial charge in [-0.3, -0.25) is 24.1 Å². The summed E-state index contributed by atoms with van der Waals surface area (Å²) in [6, 6.07) is 7.29. The molecule has 2 aromatic rings. The molecule has 4 atom stereocenters. The highest BCUT2D eigenvalue weighted by Gasteiger charge is 2.64. The second kappa shape index (κ2) is 10.2. The topological polar surface area (TPSA) is 194 Å². The Morgan fingerprint density at radius 1 is 1.07 bits per heavy atom. The summed E-state index contributed by atoms with van der Waals surface area (Å²) < 4.78 is 0. The van der Waals surface area contributed by atoms with Crippen LogP contribution in [0.3, 0.4) is 0 Å². The molecule has 0 aromatic heterocycles. The SMILES string of the molecule is Cc1ccccc1C(=O)Nc1cc(N(C)C)c2c(c1O)C(O)=C1C(=O)[C@]3(O)C(O)=C(C(N)=O)C(=O)[C@@H](N(C)C)C3CC1C2. The van der Waals surface area contributed by atoms with Gasteiger partial charge >= 0.3 is 0 Å². The number of aliphatic hydroxyl groups is 3. The first-order chi connectivity index (χ1) is 20.1. The molecule has 3 aliphatic carbocycles. The lowest BCUT2D eigenvalue weighted by Crippen LogP contribution is -2.65.